The third-order valence-corrected chi connectivity index (χ3v) is 6.86. The molecular weight excluding hydrogens is 398 g/mol. The van der Waals surface area contributed by atoms with Gasteiger partial charge in [-0.3, -0.25) is 0 Å². The summed E-state index contributed by atoms with van der Waals surface area (Å²) >= 11 is 3.40. The molecule has 150 valence electrons. The summed E-state index contributed by atoms with van der Waals surface area (Å²) < 4.78 is 5.97. The molecule has 4 rings (SSSR count). The minimum Gasteiger partial charge on any atom is -0.414 e. The van der Waals surface area contributed by atoms with Gasteiger partial charge >= 0.3 is 0 Å². The topological polar surface area (TPSA) is 55.5 Å². The number of nitrogens with zero attached hydrogens (tertiary/aromatic N) is 2. The number of hydrogen-bond donors (Lipinski definition) is 1. The molecule has 4 nitrogen and oxygen atoms in total. The average Bonchev–Trinajstić information content (AvgIpc) is 3.51. The van der Waals surface area contributed by atoms with Crippen LogP contribution in [0.3, 0.4) is 0 Å². The summed E-state index contributed by atoms with van der Waals surface area (Å²) in [6.07, 6.45) is 3.61. The fourth-order valence-corrected chi connectivity index (χ4v) is 4.88. The van der Waals surface area contributed by atoms with Crippen molar-refractivity contribution in [1.29, 1.82) is 0 Å². The van der Waals surface area contributed by atoms with Gasteiger partial charge in [-0.25, -0.2) is 0 Å². The van der Waals surface area contributed by atoms with Crippen LogP contribution < -0.4 is 5.32 Å². The average molecular weight is 425 g/mol. The molecule has 3 aromatic heterocycles. The molecule has 0 aliphatic heterocycles. The monoisotopic (exact) mass is 424 g/mol. The normalized spacial score (nSPS) is 13.4. The van der Waals surface area contributed by atoms with Crippen molar-refractivity contribution in [2.75, 3.05) is 0 Å². The number of quaternary nitrogens is 1. The summed E-state index contributed by atoms with van der Waals surface area (Å²) in [5.41, 5.74) is 2.71. The molecule has 0 aliphatic rings. The van der Waals surface area contributed by atoms with Crippen LogP contribution in [0, 0.1) is 0 Å². The molecule has 4 aromatic rings. The van der Waals surface area contributed by atoms with Crippen LogP contribution in [0.5, 0.6) is 0 Å². The van der Waals surface area contributed by atoms with E-state index < -0.39 is 0 Å². The summed E-state index contributed by atoms with van der Waals surface area (Å²) in [6, 6.07) is 17.7. The third-order valence-electron chi connectivity index (χ3n) is 5.05. The van der Waals surface area contributed by atoms with Crippen LogP contribution in [0.25, 0.3) is 10.8 Å². The Morgan fingerprint density at radius 2 is 1.79 bits per heavy atom. The SMILES string of the molecule is CCCCc1ccc([C@@H]([NH2+][C@H](C)c2nnc(-c3cccs3)o2)c2cccs2)cc1. The van der Waals surface area contributed by atoms with E-state index in [9.17, 15) is 0 Å². The molecule has 0 amide bonds. The van der Waals surface area contributed by atoms with Crippen LogP contribution in [-0.2, 0) is 6.42 Å². The van der Waals surface area contributed by atoms with Gasteiger partial charge in [-0.2, -0.15) is 0 Å². The second-order valence-electron chi connectivity index (χ2n) is 7.24. The highest BCUT2D eigenvalue weighted by Gasteiger charge is 2.26. The van der Waals surface area contributed by atoms with E-state index in [2.05, 4.69) is 71.1 Å². The molecular formula is C23H26N3OS2+. The van der Waals surface area contributed by atoms with Crippen LogP contribution in [0.15, 0.2) is 63.7 Å². The molecule has 2 atom stereocenters. The lowest BCUT2D eigenvalue weighted by Gasteiger charge is -2.18. The van der Waals surface area contributed by atoms with E-state index >= 15 is 0 Å². The van der Waals surface area contributed by atoms with Gasteiger partial charge in [0, 0.05) is 5.56 Å². The predicted molar refractivity (Wildman–Crippen MR) is 119 cm³/mol. The number of benzene rings is 1. The quantitative estimate of drug-likeness (QED) is 0.380. The third kappa shape index (κ3) is 4.83. The number of nitrogens with two attached hydrogens (primary N) is 1. The van der Waals surface area contributed by atoms with E-state index in [0.717, 1.165) is 11.3 Å². The standard InChI is InChI=1S/C23H25N3OS2/c1-3-4-7-17-10-12-18(13-11-17)21(19-8-5-14-28-19)24-16(2)22-25-26-23(27-22)20-9-6-15-29-20/h5-6,8-16,21,24H,3-4,7H2,1-2H3/p+1/t16-,21-/m1/s1. The van der Waals surface area contributed by atoms with Crippen LogP contribution in [0.2, 0.25) is 0 Å². The van der Waals surface area contributed by atoms with E-state index in [4.69, 9.17) is 4.42 Å². The number of hydrogen-bond acceptors (Lipinski definition) is 5. The molecule has 1 aromatic carbocycles. The molecule has 0 unspecified atom stereocenters. The van der Waals surface area contributed by atoms with Crippen molar-refractivity contribution in [1.82, 2.24) is 10.2 Å². The van der Waals surface area contributed by atoms with Gasteiger partial charge in [0.2, 0.25) is 0 Å². The first-order valence-corrected chi connectivity index (χ1v) is 11.8. The molecule has 0 fully saturated rings. The molecule has 29 heavy (non-hydrogen) atoms. The maximum absolute atomic E-state index is 5.97. The molecule has 3 heterocycles. The second-order valence-corrected chi connectivity index (χ2v) is 9.17. The Labute approximate surface area is 179 Å². The van der Waals surface area contributed by atoms with E-state index in [-0.39, 0.29) is 12.1 Å². The highest BCUT2D eigenvalue weighted by molar-refractivity contribution is 7.13. The first kappa shape index (κ1) is 20.0. The second kappa shape index (κ2) is 9.48. The summed E-state index contributed by atoms with van der Waals surface area (Å²) in [6.45, 7) is 4.36. The Kier molecular flexibility index (Phi) is 6.54. The highest BCUT2D eigenvalue weighted by atomic mass is 32.1. The first-order valence-electron chi connectivity index (χ1n) is 10.1. The van der Waals surface area contributed by atoms with Gasteiger partial charge in [0.1, 0.15) is 6.04 Å². The van der Waals surface area contributed by atoms with Gasteiger partial charge in [0.25, 0.3) is 11.8 Å². The van der Waals surface area contributed by atoms with Crippen molar-refractivity contribution in [2.24, 2.45) is 0 Å². The van der Waals surface area contributed by atoms with Crippen molar-refractivity contribution in [3.8, 4) is 10.8 Å². The number of aryl methyl sites for hydroxylation is 1. The van der Waals surface area contributed by atoms with Crippen LogP contribution in [0.1, 0.15) is 60.7 Å². The Bertz CT molecular complexity index is 991. The fraction of sp³-hybridized carbons (Fsp3) is 0.304. The van der Waals surface area contributed by atoms with Crippen LogP contribution >= 0.6 is 22.7 Å². The summed E-state index contributed by atoms with van der Waals surface area (Å²) in [5.74, 6) is 1.26. The van der Waals surface area contributed by atoms with Gasteiger partial charge < -0.3 is 9.73 Å². The fourth-order valence-electron chi connectivity index (χ4n) is 3.40. The molecule has 0 radical (unpaired) electrons. The van der Waals surface area contributed by atoms with Gasteiger partial charge in [0.05, 0.1) is 9.75 Å². The molecule has 2 N–H and O–H groups in total. The maximum Gasteiger partial charge on any atom is 0.274 e. The number of unbranched alkanes of at least 4 members (excludes halogenated alkanes) is 1. The lowest BCUT2D eigenvalue weighted by atomic mass is 10.0. The van der Waals surface area contributed by atoms with Crippen LogP contribution in [-0.4, -0.2) is 10.2 Å². The van der Waals surface area contributed by atoms with Crippen molar-refractivity contribution >= 4 is 22.7 Å². The zero-order valence-corrected chi connectivity index (χ0v) is 18.4. The molecule has 6 heteroatoms. The predicted octanol–water partition coefficient (Wildman–Crippen LogP) is 5.62. The maximum atomic E-state index is 5.97. The first-order chi connectivity index (χ1) is 14.2. The molecule has 0 saturated carbocycles. The molecule has 0 spiro atoms. The Morgan fingerprint density at radius 1 is 1.00 bits per heavy atom. The van der Waals surface area contributed by atoms with Gasteiger partial charge in [-0.15, -0.1) is 32.9 Å². The lowest BCUT2D eigenvalue weighted by Crippen LogP contribution is -2.85. The van der Waals surface area contributed by atoms with Gasteiger partial charge in [0.15, 0.2) is 6.04 Å². The number of aromatic nitrogens is 2. The van der Waals surface area contributed by atoms with Crippen molar-refractivity contribution < 1.29 is 9.73 Å². The molecule has 0 bridgehead atoms. The van der Waals surface area contributed by atoms with Gasteiger partial charge in [-0.1, -0.05) is 49.7 Å². The van der Waals surface area contributed by atoms with Crippen molar-refractivity contribution in [3.63, 3.8) is 0 Å². The summed E-state index contributed by atoms with van der Waals surface area (Å²) in [4.78, 5) is 2.34. The summed E-state index contributed by atoms with van der Waals surface area (Å²) in [5, 5.41) is 15.0. The Balaban J connectivity index is 1.53. The number of thiophene rings is 2. The Morgan fingerprint density at radius 3 is 2.48 bits per heavy atom. The molecule has 0 aliphatic carbocycles. The molecule has 0 saturated heterocycles. The van der Waals surface area contributed by atoms with E-state index in [0.29, 0.717) is 11.8 Å². The van der Waals surface area contributed by atoms with Gasteiger partial charge in [-0.05, 0) is 48.2 Å². The zero-order chi connectivity index (χ0) is 20.1. The van der Waals surface area contributed by atoms with E-state index in [1.807, 2.05) is 17.5 Å². The smallest absolute Gasteiger partial charge is 0.274 e. The van der Waals surface area contributed by atoms with Crippen LogP contribution in [0.4, 0.5) is 0 Å². The van der Waals surface area contributed by atoms with E-state index in [1.54, 1.807) is 22.7 Å². The minimum absolute atomic E-state index is 0.0584. The lowest BCUT2D eigenvalue weighted by molar-refractivity contribution is -0.725. The largest absolute Gasteiger partial charge is 0.414 e. The zero-order valence-electron chi connectivity index (χ0n) is 16.7. The van der Waals surface area contributed by atoms with E-state index in [1.165, 1.54) is 28.8 Å². The van der Waals surface area contributed by atoms with Crippen molar-refractivity contribution in [2.45, 2.75) is 45.2 Å². The minimum atomic E-state index is 0.0584. The summed E-state index contributed by atoms with van der Waals surface area (Å²) in [7, 11) is 0. The van der Waals surface area contributed by atoms with Crippen molar-refractivity contribution in [3.05, 3.63) is 81.2 Å². The Hall–Kier alpha value is -2.28. The number of rotatable bonds is 9. The highest BCUT2D eigenvalue weighted by Crippen LogP contribution is 2.27.